The molecular weight excluding hydrogens is 273 g/mol. The highest BCUT2D eigenvalue weighted by Crippen LogP contribution is 2.29. The lowest BCUT2D eigenvalue weighted by molar-refractivity contribution is 0.511. The summed E-state index contributed by atoms with van der Waals surface area (Å²) < 4.78 is 0. The fourth-order valence-corrected chi connectivity index (χ4v) is 2.87. The maximum atomic E-state index is 6.20. The van der Waals surface area contributed by atoms with Crippen LogP contribution in [-0.4, -0.2) is 17.5 Å². The van der Waals surface area contributed by atoms with Crippen LogP contribution in [0.1, 0.15) is 32.4 Å². The molecule has 0 aliphatic rings. The molecule has 0 aliphatic carbocycles. The van der Waals surface area contributed by atoms with Gasteiger partial charge in [-0.1, -0.05) is 42.3 Å². The quantitative estimate of drug-likeness (QED) is 0.809. The molecule has 1 aromatic rings. The van der Waals surface area contributed by atoms with Crippen LogP contribution in [-0.2, 0) is 0 Å². The SMILES string of the molecule is CCSCC(C)NC(C)c1cccc(Cl)c1Cl. The van der Waals surface area contributed by atoms with Crippen molar-refractivity contribution in [3.63, 3.8) is 0 Å². The van der Waals surface area contributed by atoms with Gasteiger partial charge in [0.15, 0.2) is 0 Å². The van der Waals surface area contributed by atoms with Crippen molar-refractivity contribution in [3.8, 4) is 0 Å². The van der Waals surface area contributed by atoms with Gasteiger partial charge in [-0.2, -0.15) is 11.8 Å². The van der Waals surface area contributed by atoms with E-state index in [1.807, 2.05) is 30.0 Å². The maximum absolute atomic E-state index is 6.20. The zero-order valence-corrected chi connectivity index (χ0v) is 12.8. The van der Waals surface area contributed by atoms with Crippen molar-refractivity contribution in [1.29, 1.82) is 0 Å². The van der Waals surface area contributed by atoms with Crippen LogP contribution in [0.15, 0.2) is 18.2 Å². The smallest absolute Gasteiger partial charge is 0.0639 e. The van der Waals surface area contributed by atoms with E-state index in [1.165, 1.54) is 0 Å². The fourth-order valence-electron chi connectivity index (χ4n) is 1.71. The Hall–Kier alpha value is 0.110. The van der Waals surface area contributed by atoms with Crippen molar-refractivity contribution < 1.29 is 0 Å². The van der Waals surface area contributed by atoms with Crippen LogP contribution in [0.5, 0.6) is 0 Å². The Labute approximate surface area is 118 Å². The summed E-state index contributed by atoms with van der Waals surface area (Å²) in [6, 6.07) is 6.45. The second kappa shape index (κ2) is 7.52. The van der Waals surface area contributed by atoms with Gasteiger partial charge in [-0.25, -0.2) is 0 Å². The molecule has 2 unspecified atom stereocenters. The number of nitrogens with one attached hydrogen (secondary N) is 1. The van der Waals surface area contributed by atoms with Gasteiger partial charge in [0.05, 0.1) is 10.0 Å². The Morgan fingerprint density at radius 1 is 1.29 bits per heavy atom. The average molecular weight is 292 g/mol. The summed E-state index contributed by atoms with van der Waals surface area (Å²) in [5.41, 5.74) is 1.06. The van der Waals surface area contributed by atoms with Crippen LogP contribution >= 0.6 is 35.0 Å². The number of rotatable bonds is 6. The molecular formula is C13H19Cl2NS. The van der Waals surface area contributed by atoms with Crippen LogP contribution in [0.4, 0.5) is 0 Å². The van der Waals surface area contributed by atoms with Gasteiger partial charge < -0.3 is 5.32 Å². The first-order valence-corrected chi connectivity index (χ1v) is 7.75. The van der Waals surface area contributed by atoms with E-state index in [4.69, 9.17) is 23.2 Å². The molecule has 17 heavy (non-hydrogen) atoms. The largest absolute Gasteiger partial charge is 0.307 e. The molecule has 0 spiro atoms. The molecule has 96 valence electrons. The van der Waals surface area contributed by atoms with E-state index in [2.05, 4.69) is 26.1 Å². The first kappa shape index (κ1) is 15.2. The molecule has 1 N–H and O–H groups in total. The van der Waals surface area contributed by atoms with Gasteiger partial charge >= 0.3 is 0 Å². The van der Waals surface area contributed by atoms with Crippen LogP contribution in [0.25, 0.3) is 0 Å². The lowest BCUT2D eigenvalue weighted by atomic mass is 10.1. The lowest BCUT2D eigenvalue weighted by Gasteiger charge is -2.21. The third-order valence-corrected chi connectivity index (χ3v) is 4.53. The molecule has 4 heteroatoms. The lowest BCUT2D eigenvalue weighted by Crippen LogP contribution is -2.31. The second-order valence-corrected chi connectivity index (χ2v) is 6.20. The van der Waals surface area contributed by atoms with Crippen molar-refractivity contribution >= 4 is 35.0 Å². The van der Waals surface area contributed by atoms with Crippen molar-refractivity contribution in [2.75, 3.05) is 11.5 Å². The number of benzene rings is 1. The van der Waals surface area contributed by atoms with Crippen LogP contribution in [0.3, 0.4) is 0 Å². The maximum Gasteiger partial charge on any atom is 0.0639 e. The number of hydrogen-bond acceptors (Lipinski definition) is 2. The summed E-state index contributed by atoms with van der Waals surface area (Å²) in [6.45, 7) is 6.48. The summed E-state index contributed by atoms with van der Waals surface area (Å²) >= 11 is 14.2. The highest BCUT2D eigenvalue weighted by atomic mass is 35.5. The zero-order valence-electron chi connectivity index (χ0n) is 10.5. The van der Waals surface area contributed by atoms with E-state index in [0.29, 0.717) is 16.1 Å². The standard InChI is InChI=1S/C13H19Cl2NS/c1-4-17-8-9(2)16-10(3)11-6-5-7-12(14)13(11)15/h5-7,9-10,16H,4,8H2,1-3H3. The fraction of sp³-hybridized carbons (Fsp3) is 0.538. The van der Waals surface area contributed by atoms with Gasteiger partial charge in [0.25, 0.3) is 0 Å². The van der Waals surface area contributed by atoms with E-state index in [-0.39, 0.29) is 6.04 Å². The van der Waals surface area contributed by atoms with Crippen LogP contribution < -0.4 is 5.32 Å². The Morgan fingerprint density at radius 2 is 2.00 bits per heavy atom. The molecule has 0 heterocycles. The monoisotopic (exact) mass is 291 g/mol. The van der Waals surface area contributed by atoms with Gasteiger partial charge in [-0.05, 0) is 31.2 Å². The molecule has 0 saturated carbocycles. The summed E-state index contributed by atoms with van der Waals surface area (Å²) in [5.74, 6) is 2.26. The summed E-state index contributed by atoms with van der Waals surface area (Å²) in [7, 11) is 0. The second-order valence-electron chi connectivity index (χ2n) is 4.09. The molecule has 1 nitrogen and oxygen atoms in total. The van der Waals surface area contributed by atoms with Crippen LogP contribution in [0, 0.1) is 0 Å². The van der Waals surface area contributed by atoms with Crippen molar-refractivity contribution in [2.45, 2.75) is 32.9 Å². The molecule has 1 rings (SSSR count). The van der Waals surface area contributed by atoms with Gasteiger partial charge in [-0.3, -0.25) is 0 Å². The molecule has 0 fully saturated rings. The number of thioether (sulfide) groups is 1. The summed E-state index contributed by atoms with van der Waals surface area (Å²) in [6.07, 6.45) is 0. The van der Waals surface area contributed by atoms with Crippen molar-refractivity contribution in [3.05, 3.63) is 33.8 Å². The minimum absolute atomic E-state index is 0.216. The molecule has 0 aromatic heterocycles. The predicted octanol–water partition coefficient (Wildman–Crippen LogP) is 4.79. The van der Waals surface area contributed by atoms with Crippen LogP contribution in [0.2, 0.25) is 10.0 Å². The summed E-state index contributed by atoms with van der Waals surface area (Å²) in [4.78, 5) is 0. The normalized spacial score (nSPS) is 14.6. The Kier molecular flexibility index (Phi) is 6.71. The number of halogens is 2. The Bertz CT molecular complexity index is 357. The van der Waals surface area contributed by atoms with E-state index in [1.54, 1.807) is 0 Å². The highest BCUT2D eigenvalue weighted by Gasteiger charge is 2.13. The third-order valence-electron chi connectivity index (χ3n) is 2.55. The Balaban J connectivity index is 2.63. The first-order chi connectivity index (χ1) is 8.06. The molecule has 2 atom stereocenters. The van der Waals surface area contributed by atoms with Gasteiger partial charge in [0.1, 0.15) is 0 Å². The van der Waals surface area contributed by atoms with Gasteiger partial charge in [0, 0.05) is 17.8 Å². The molecule has 0 amide bonds. The topological polar surface area (TPSA) is 12.0 Å². The summed E-state index contributed by atoms with van der Waals surface area (Å²) in [5, 5.41) is 4.81. The molecule has 0 bridgehead atoms. The van der Waals surface area contributed by atoms with E-state index < -0.39 is 0 Å². The first-order valence-electron chi connectivity index (χ1n) is 5.84. The zero-order chi connectivity index (χ0) is 12.8. The highest BCUT2D eigenvalue weighted by molar-refractivity contribution is 7.99. The van der Waals surface area contributed by atoms with Crippen molar-refractivity contribution in [2.24, 2.45) is 0 Å². The molecule has 0 aliphatic heterocycles. The molecule has 0 saturated heterocycles. The van der Waals surface area contributed by atoms with Gasteiger partial charge in [-0.15, -0.1) is 0 Å². The minimum Gasteiger partial charge on any atom is -0.307 e. The molecule has 1 aromatic carbocycles. The van der Waals surface area contributed by atoms with E-state index in [0.717, 1.165) is 17.1 Å². The minimum atomic E-state index is 0.216. The van der Waals surface area contributed by atoms with E-state index >= 15 is 0 Å². The predicted molar refractivity (Wildman–Crippen MR) is 80.5 cm³/mol. The average Bonchev–Trinajstić information content (AvgIpc) is 2.29. The number of hydrogen-bond donors (Lipinski definition) is 1. The third kappa shape index (κ3) is 4.70. The molecule has 0 radical (unpaired) electrons. The van der Waals surface area contributed by atoms with Gasteiger partial charge in [0.2, 0.25) is 0 Å². The van der Waals surface area contributed by atoms with E-state index in [9.17, 15) is 0 Å². The van der Waals surface area contributed by atoms with Crippen molar-refractivity contribution in [1.82, 2.24) is 5.32 Å². The Morgan fingerprint density at radius 3 is 2.65 bits per heavy atom.